The number of ether oxygens (including phenoxy) is 1. The molecule has 1 N–H and O–H groups in total. The lowest BCUT2D eigenvalue weighted by atomic mass is 9.83. The SMILES string of the molecule is COC(=O)N1c2ccc3c(nc([C@@](C)(O)Cc4ccccc4)n3[C@@H]3CCC[C@@H](C(C)=O)C3)c2CC[C@@H]1C. The summed E-state index contributed by atoms with van der Waals surface area (Å²) in [7, 11) is 1.41. The Morgan fingerprint density at radius 3 is 2.59 bits per heavy atom. The number of hydrogen-bond acceptors (Lipinski definition) is 5. The van der Waals surface area contributed by atoms with E-state index in [0.717, 1.165) is 66.4 Å². The lowest BCUT2D eigenvalue weighted by Crippen LogP contribution is -2.42. The number of amides is 1. The maximum absolute atomic E-state index is 12.7. The number of nitrogens with zero attached hydrogens (tertiary/aromatic N) is 3. The number of hydrogen-bond donors (Lipinski definition) is 1. The van der Waals surface area contributed by atoms with Gasteiger partial charge in [0.25, 0.3) is 0 Å². The van der Waals surface area contributed by atoms with Crippen molar-refractivity contribution < 1.29 is 19.4 Å². The Morgan fingerprint density at radius 2 is 1.89 bits per heavy atom. The molecule has 0 spiro atoms. The average Bonchev–Trinajstić information content (AvgIpc) is 3.29. The van der Waals surface area contributed by atoms with Gasteiger partial charge in [0.15, 0.2) is 0 Å². The van der Waals surface area contributed by atoms with Crippen molar-refractivity contribution in [3.8, 4) is 0 Å². The Bertz CT molecular complexity index is 1310. The van der Waals surface area contributed by atoms with Crippen LogP contribution in [0.3, 0.4) is 0 Å². The molecule has 1 aliphatic carbocycles. The number of aromatic nitrogens is 2. The van der Waals surface area contributed by atoms with Crippen LogP contribution in [-0.2, 0) is 28.0 Å². The van der Waals surface area contributed by atoms with Gasteiger partial charge in [0.1, 0.15) is 17.2 Å². The van der Waals surface area contributed by atoms with E-state index < -0.39 is 5.60 Å². The molecule has 1 fully saturated rings. The summed E-state index contributed by atoms with van der Waals surface area (Å²) in [5.74, 6) is 0.875. The Morgan fingerprint density at radius 1 is 1.14 bits per heavy atom. The van der Waals surface area contributed by atoms with Gasteiger partial charge in [-0.3, -0.25) is 9.69 Å². The Balaban J connectivity index is 1.68. The molecule has 37 heavy (non-hydrogen) atoms. The van der Waals surface area contributed by atoms with Gasteiger partial charge in [0, 0.05) is 30.0 Å². The summed E-state index contributed by atoms with van der Waals surface area (Å²) in [6.45, 7) is 5.55. The summed E-state index contributed by atoms with van der Waals surface area (Å²) >= 11 is 0. The smallest absolute Gasteiger partial charge is 0.414 e. The number of benzene rings is 2. The Kier molecular flexibility index (Phi) is 6.84. The van der Waals surface area contributed by atoms with Crippen LogP contribution in [0, 0.1) is 5.92 Å². The lowest BCUT2D eigenvalue weighted by molar-refractivity contribution is -0.122. The molecule has 0 radical (unpaired) electrons. The van der Waals surface area contributed by atoms with Crippen LogP contribution < -0.4 is 4.90 Å². The maximum atomic E-state index is 12.7. The summed E-state index contributed by atoms with van der Waals surface area (Å²) in [5, 5.41) is 11.9. The molecule has 196 valence electrons. The minimum Gasteiger partial charge on any atom is -0.452 e. The van der Waals surface area contributed by atoms with E-state index >= 15 is 0 Å². The molecular weight excluding hydrogens is 466 g/mol. The maximum Gasteiger partial charge on any atom is 0.414 e. The van der Waals surface area contributed by atoms with Gasteiger partial charge in [-0.05, 0) is 70.6 Å². The van der Waals surface area contributed by atoms with E-state index in [2.05, 4.69) is 4.57 Å². The summed E-state index contributed by atoms with van der Waals surface area (Å²) in [4.78, 5) is 31.8. The average molecular weight is 504 g/mol. The molecule has 4 atom stereocenters. The van der Waals surface area contributed by atoms with Gasteiger partial charge in [-0.25, -0.2) is 9.78 Å². The third-order valence-electron chi connectivity index (χ3n) is 8.29. The molecule has 7 nitrogen and oxygen atoms in total. The predicted octanol–water partition coefficient (Wildman–Crippen LogP) is 5.71. The zero-order valence-corrected chi connectivity index (χ0v) is 22.2. The standard InChI is InChI=1S/C30H37N3O4/c1-19-13-14-24-25(32(19)29(35)37-4)15-16-26-27(24)31-28(30(3,36)18-21-9-6-5-7-10-21)33(26)23-12-8-11-22(17-23)20(2)34/h5-7,9-10,15-16,19,22-23,36H,8,11-14,17-18H2,1-4H3/t19-,22+,23+,30-/m0/s1. The van der Waals surface area contributed by atoms with E-state index in [1.807, 2.05) is 56.3 Å². The first kappa shape index (κ1) is 25.5. The number of rotatable bonds is 5. The van der Waals surface area contributed by atoms with Gasteiger partial charge < -0.3 is 14.4 Å². The van der Waals surface area contributed by atoms with Gasteiger partial charge in [-0.15, -0.1) is 0 Å². The van der Waals surface area contributed by atoms with Crippen molar-refractivity contribution in [2.45, 2.75) is 83.4 Å². The third-order valence-corrected chi connectivity index (χ3v) is 8.29. The van der Waals surface area contributed by atoms with Crippen LogP contribution in [0.25, 0.3) is 11.0 Å². The van der Waals surface area contributed by atoms with Gasteiger partial charge in [0.2, 0.25) is 0 Å². The monoisotopic (exact) mass is 503 g/mol. The second-order valence-corrected chi connectivity index (χ2v) is 11.0. The fraction of sp³-hybridized carbons (Fsp3) is 0.500. The van der Waals surface area contributed by atoms with Crippen molar-refractivity contribution in [2.75, 3.05) is 12.0 Å². The minimum atomic E-state index is -1.22. The topological polar surface area (TPSA) is 84.7 Å². The molecule has 1 saturated carbocycles. The molecule has 1 aromatic heterocycles. The van der Waals surface area contributed by atoms with E-state index in [4.69, 9.17) is 9.72 Å². The zero-order valence-electron chi connectivity index (χ0n) is 22.2. The highest BCUT2D eigenvalue weighted by atomic mass is 16.5. The molecule has 2 heterocycles. The lowest BCUT2D eigenvalue weighted by Gasteiger charge is -2.34. The van der Waals surface area contributed by atoms with Crippen LogP contribution in [-0.4, -0.2) is 39.7 Å². The van der Waals surface area contributed by atoms with Crippen LogP contribution in [0.2, 0.25) is 0 Å². The summed E-state index contributed by atoms with van der Waals surface area (Å²) < 4.78 is 7.30. The van der Waals surface area contributed by atoms with Crippen molar-refractivity contribution in [3.05, 3.63) is 59.4 Å². The van der Waals surface area contributed by atoms with Gasteiger partial charge >= 0.3 is 6.09 Å². The van der Waals surface area contributed by atoms with E-state index in [-0.39, 0.29) is 29.9 Å². The van der Waals surface area contributed by atoms with Gasteiger partial charge in [-0.2, -0.15) is 0 Å². The molecule has 1 amide bonds. The first-order valence-electron chi connectivity index (χ1n) is 13.4. The number of carbonyl (C=O) groups is 2. The van der Waals surface area contributed by atoms with Gasteiger partial charge in [-0.1, -0.05) is 36.8 Å². The van der Waals surface area contributed by atoms with E-state index in [1.54, 1.807) is 11.8 Å². The normalized spacial score (nSPS) is 23.4. The van der Waals surface area contributed by atoms with Crippen molar-refractivity contribution in [3.63, 3.8) is 0 Å². The molecule has 2 aliphatic rings. The highest BCUT2D eigenvalue weighted by Crippen LogP contribution is 2.42. The Hall–Kier alpha value is -3.19. The third kappa shape index (κ3) is 4.65. The van der Waals surface area contributed by atoms with Crippen molar-refractivity contribution in [1.82, 2.24) is 9.55 Å². The highest BCUT2D eigenvalue weighted by Gasteiger charge is 2.38. The summed E-state index contributed by atoms with van der Waals surface area (Å²) in [6.07, 6.45) is 5.21. The number of ketones is 1. The number of fused-ring (bicyclic) bond motifs is 3. The fourth-order valence-electron chi connectivity index (χ4n) is 6.36. The van der Waals surface area contributed by atoms with Crippen LogP contribution >= 0.6 is 0 Å². The van der Waals surface area contributed by atoms with Crippen LogP contribution in [0.15, 0.2) is 42.5 Å². The summed E-state index contributed by atoms with van der Waals surface area (Å²) in [5.41, 5.74) is 3.42. The molecule has 0 unspecified atom stereocenters. The van der Waals surface area contributed by atoms with E-state index in [0.29, 0.717) is 12.2 Å². The van der Waals surface area contributed by atoms with Gasteiger partial charge in [0.05, 0.1) is 23.8 Å². The number of imidazole rings is 1. The van der Waals surface area contributed by atoms with Crippen LogP contribution in [0.4, 0.5) is 10.5 Å². The zero-order chi connectivity index (χ0) is 26.3. The fourth-order valence-corrected chi connectivity index (χ4v) is 6.36. The van der Waals surface area contributed by atoms with Crippen molar-refractivity contribution in [1.29, 1.82) is 0 Å². The van der Waals surface area contributed by atoms with E-state index in [1.165, 1.54) is 7.11 Å². The first-order valence-corrected chi connectivity index (χ1v) is 13.4. The molecule has 1 aliphatic heterocycles. The molecule has 2 aromatic carbocycles. The predicted molar refractivity (Wildman–Crippen MR) is 144 cm³/mol. The summed E-state index contributed by atoms with van der Waals surface area (Å²) in [6, 6.07) is 14.1. The molecule has 0 saturated heterocycles. The number of methoxy groups -OCH3 is 1. The van der Waals surface area contributed by atoms with Crippen molar-refractivity contribution >= 4 is 28.6 Å². The number of Topliss-reactive ketones (excluding diaryl/α,β-unsaturated/α-hetero) is 1. The minimum absolute atomic E-state index is 0.0230. The quantitative estimate of drug-likeness (QED) is 0.482. The Labute approximate surface area is 218 Å². The molecule has 0 bridgehead atoms. The number of carbonyl (C=O) groups excluding carboxylic acids is 2. The molecule has 3 aromatic rings. The molecule has 5 rings (SSSR count). The van der Waals surface area contributed by atoms with Crippen molar-refractivity contribution in [2.24, 2.45) is 5.92 Å². The largest absolute Gasteiger partial charge is 0.452 e. The second kappa shape index (κ2) is 9.93. The highest BCUT2D eigenvalue weighted by molar-refractivity contribution is 5.95. The van der Waals surface area contributed by atoms with Crippen LogP contribution in [0.5, 0.6) is 0 Å². The van der Waals surface area contributed by atoms with E-state index in [9.17, 15) is 14.7 Å². The molecule has 7 heteroatoms. The van der Waals surface area contributed by atoms with Crippen LogP contribution in [0.1, 0.15) is 75.9 Å². The first-order chi connectivity index (χ1) is 17.7. The number of anilines is 1. The number of aryl methyl sites for hydroxylation is 1. The second-order valence-electron chi connectivity index (χ2n) is 11.0. The molecular formula is C30H37N3O4. The number of aliphatic hydroxyl groups is 1.